The molecule has 4 nitrogen and oxygen atoms in total. The number of nitrogens with two attached hydrogens (primary N) is 1. The van der Waals surface area contributed by atoms with Crippen LogP contribution in [0.3, 0.4) is 0 Å². The van der Waals surface area contributed by atoms with Gasteiger partial charge in [0, 0.05) is 24.2 Å². The second-order valence-corrected chi connectivity index (χ2v) is 6.16. The average Bonchev–Trinajstić information content (AvgIpc) is 2.93. The molecule has 3 aromatic rings. The highest BCUT2D eigenvalue weighted by atomic mass is 35.5. The lowest BCUT2D eigenvalue weighted by molar-refractivity contribution is 0.414. The van der Waals surface area contributed by atoms with Gasteiger partial charge in [-0.05, 0) is 35.7 Å². The summed E-state index contributed by atoms with van der Waals surface area (Å²) in [6, 6.07) is 15.9. The first kappa shape index (κ1) is 16.4. The van der Waals surface area contributed by atoms with Gasteiger partial charge in [0.2, 0.25) is 0 Å². The van der Waals surface area contributed by atoms with E-state index in [0.29, 0.717) is 5.95 Å². The van der Waals surface area contributed by atoms with Crippen molar-refractivity contribution in [2.75, 3.05) is 12.8 Å². The van der Waals surface area contributed by atoms with Gasteiger partial charge in [-0.25, -0.2) is 4.98 Å². The zero-order valence-electron chi connectivity index (χ0n) is 13.7. The van der Waals surface area contributed by atoms with Crippen LogP contribution in [0, 0.1) is 0 Å². The molecule has 124 valence electrons. The third-order valence-electron chi connectivity index (χ3n) is 4.19. The highest BCUT2D eigenvalue weighted by Gasteiger charge is 2.20. The molecule has 5 heteroatoms. The van der Waals surface area contributed by atoms with Crippen molar-refractivity contribution >= 4 is 17.5 Å². The second kappa shape index (κ2) is 6.97. The standard InChI is InChI=1S/C19H20ClN3O/c1-23-12-18(22-19(23)21)16(11-14-5-3-4-6-17(14)20)13-7-9-15(24-2)10-8-13/h3-10,12,16H,11H2,1-2H3,(H2,21,22). The van der Waals surface area contributed by atoms with Crippen molar-refractivity contribution in [2.45, 2.75) is 12.3 Å². The number of aromatic nitrogens is 2. The maximum atomic E-state index is 6.36. The Bertz CT molecular complexity index is 807. The zero-order chi connectivity index (χ0) is 17.1. The minimum absolute atomic E-state index is 0.0688. The van der Waals surface area contributed by atoms with Crippen molar-refractivity contribution < 1.29 is 4.74 Å². The van der Waals surface area contributed by atoms with E-state index in [1.54, 1.807) is 7.11 Å². The van der Waals surface area contributed by atoms with Gasteiger partial charge in [-0.1, -0.05) is 41.9 Å². The predicted molar refractivity (Wildman–Crippen MR) is 97.6 cm³/mol. The number of hydrogen-bond donors (Lipinski definition) is 1. The van der Waals surface area contributed by atoms with E-state index >= 15 is 0 Å². The highest BCUT2D eigenvalue weighted by Crippen LogP contribution is 2.31. The fraction of sp³-hybridized carbons (Fsp3) is 0.211. The molecule has 3 rings (SSSR count). The van der Waals surface area contributed by atoms with Gasteiger partial charge in [-0.3, -0.25) is 0 Å². The van der Waals surface area contributed by atoms with E-state index in [1.165, 1.54) is 0 Å². The molecular formula is C19H20ClN3O. The first-order valence-electron chi connectivity index (χ1n) is 7.74. The number of ether oxygens (including phenoxy) is 1. The maximum Gasteiger partial charge on any atom is 0.200 e. The first-order chi connectivity index (χ1) is 11.6. The summed E-state index contributed by atoms with van der Waals surface area (Å²) in [7, 11) is 3.56. The third-order valence-corrected chi connectivity index (χ3v) is 4.56. The van der Waals surface area contributed by atoms with Crippen molar-refractivity contribution in [3.8, 4) is 5.75 Å². The highest BCUT2D eigenvalue weighted by molar-refractivity contribution is 6.31. The van der Waals surface area contributed by atoms with Crippen molar-refractivity contribution in [3.05, 3.63) is 76.6 Å². The Morgan fingerprint density at radius 2 is 1.88 bits per heavy atom. The molecule has 0 bridgehead atoms. The number of benzene rings is 2. The molecule has 0 spiro atoms. The number of anilines is 1. The van der Waals surface area contributed by atoms with Gasteiger partial charge in [0.1, 0.15) is 5.75 Å². The van der Waals surface area contributed by atoms with E-state index in [-0.39, 0.29) is 5.92 Å². The monoisotopic (exact) mass is 341 g/mol. The maximum absolute atomic E-state index is 6.36. The van der Waals surface area contributed by atoms with E-state index in [0.717, 1.165) is 34.0 Å². The average molecular weight is 342 g/mol. The number of nitrogens with zero attached hydrogens (tertiary/aromatic N) is 2. The number of rotatable bonds is 5. The molecule has 0 aliphatic rings. The van der Waals surface area contributed by atoms with Crippen LogP contribution in [0.1, 0.15) is 22.7 Å². The predicted octanol–water partition coefficient (Wildman–Crippen LogP) is 4.04. The molecule has 1 unspecified atom stereocenters. The van der Waals surface area contributed by atoms with Gasteiger partial charge >= 0.3 is 0 Å². The topological polar surface area (TPSA) is 53.1 Å². The minimum atomic E-state index is 0.0688. The molecule has 0 radical (unpaired) electrons. The Morgan fingerprint density at radius 3 is 2.46 bits per heavy atom. The number of methoxy groups -OCH3 is 1. The van der Waals surface area contributed by atoms with Gasteiger partial charge in [0.05, 0.1) is 12.8 Å². The van der Waals surface area contributed by atoms with Gasteiger partial charge in [-0.2, -0.15) is 0 Å². The van der Waals surface area contributed by atoms with Crippen LogP contribution in [0.15, 0.2) is 54.7 Å². The summed E-state index contributed by atoms with van der Waals surface area (Å²) in [4.78, 5) is 4.52. The zero-order valence-corrected chi connectivity index (χ0v) is 14.5. The molecule has 0 saturated heterocycles. The van der Waals surface area contributed by atoms with Gasteiger partial charge in [0.25, 0.3) is 0 Å². The van der Waals surface area contributed by atoms with E-state index in [4.69, 9.17) is 22.1 Å². The number of halogens is 1. The van der Waals surface area contributed by atoms with Crippen LogP contribution >= 0.6 is 11.6 Å². The molecular weight excluding hydrogens is 322 g/mol. The molecule has 0 saturated carbocycles. The summed E-state index contributed by atoms with van der Waals surface area (Å²) in [6.45, 7) is 0. The summed E-state index contributed by atoms with van der Waals surface area (Å²) >= 11 is 6.36. The van der Waals surface area contributed by atoms with Crippen LogP contribution in [-0.2, 0) is 13.5 Å². The van der Waals surface area contributed by atoms with Crippen molar-refractivity contribution in [1.82, 2.24) is 9.55 Å². The van der Waals surface area contributed by atoms with Crippen LogP contribution in [0.25, 0.3) is 0 Å². The summed E-state index contributed by atoms with van der Waals surface area (Å²) in [5, 5.41) is 0.764. The molecule has 0 aliphatic carbocycles. The van der Waals surface area contributed by atoms with Crippen LogP contribution in [0.2, 0.25) is 5.02 Å². The van der Waals surface area contributed by atoms with Gasteiger partial charge < -0.3 is 15.0 Å². The molecule has 2 aromatic carbocycles. The fourth-order valence-corrected chi connectivity index (χ4v) is 3.00. The van der Waals surface area contributed by atoms with E-state index < -0.39 is 0 Å². The summed E-state index contributed by atoms with van der Waals surface area (Å²) in [6.07, 6.45) is 2.73. The lowest BCUT2D eigenvalue weighted by Crippen LogP contribution is -2.06. The molecule has 0 aliphatic heterocycles. The Morgan fingerprint density at radius 1 is 1.17 bits per heavy atom. The van der Waals surface area contributed by atoms with Crippen LogP contribution in [-0.4, -0.2) is 16.7 Å². The Balaban J connectivity index is 2.01. The number of aryl methyl sites for hydroxylation is 1. The number of hydrogen-bond acceptors (Lipinski definition) is 3. The molecule has 2 N–H and O–H groups in total. The van der Waals surface area contributed by atoms with Gasteiger partial charge in [-0.15, -0.1) is 0 Å². The van der Waals surface area contributed by atoms with E-state index in [1.807, 2.05) is 54.2 Å². The van der Waals surface area contributed by atoms with Crippen molar-refractivity contribution in [2.24, 2.45) is 7.05 Å². The third kappa shape index (κ3) is 3.39. The SMILES string of the molecule is COc1ccc(C(Cc2ccccc2Cl)c2cn(C)c(N)n2)cc1. The molecule has 1 aromatic heterocycles. The fourth-order valence-electron chi connectivity index (χ4n) is 2.79. The normalized spacial score (nSPS) is 12.1. The Labute approximate surface area is 146 Å². The molecule has 24 heavy (non-hydrogen) atoms. The lowest BCUT2D eigenvalue weighted by Gasteiger charge is -2.17. The minimum Gasteiger partial charge on any atom is -0.497 e. The summed E-state index contributed by atoms with van der Waals surface area (Å²) in [5.41, 5.74) is 9.10. The quantitative estimate of drug-likeness (QED) is 0.762. The Kier molecular flexibility index (Phi) is 4.76. The lowest BCUT2D eigenvalue weighted by atomic mass is 9.89. The largest absolute Gasteiger partial charge is 0.497 e. The molecule has 0 fully saturated rings. The smallest absolute Gasteiger partial charge is 0.200 e. The van der Waals surface area contributed by atoms with Crippen LogP contribution in [0.5, 0.6) is 5.75 Å². The Hall–Kier alpha value is -2.46. The molecule has 1 atom stereocenters. The second-order valence-electron chi connectivity index (χ2n) is 5.76. The number of nitrogen functional groups attached to an aromatic ring is 1. The summed E-state index contributed by atoms with van der Waals surface area (Å²) in [5.74, 6) is 1.40. The molecule has 1 heterocycles. The van der Waals surface area contributed by atoms with E-state index in [9.17, 15) is 0 Å². The van der Waals surface area contributed by atoms with Gasteiger partial charge in [0.15, 0.2) is 5.95 Å². The summed E-state index contributed by atoms with van der Waals surface area (Å²) < 4.78 is 7.09. The van der Waals surface area contributed by atoms with Crippen molar-refractivity contribution in [1.29, 1.82) is 0 Å². The first-order valence-corrected chi connectivity index (χ1v) is 8.12. The van der Waals surface area contributed by atoms with Crippen LogP contribution < -0.4 is 10.5 Å². The molecule has 0 amide bonds. The van der Waals surface area contributed by atoms with E-state index in [2.05, 4.69) is 17.1 Å². The number of imidazole rings is 1. The van der Waals surface area contributed by atoms with Crippen molar-refractivity contribution in [3.63, 3.8) is 0 Å². The van der Waals surface area contributed by atoms with Crippen LogP contribution in [0.4, 0.5) is 5.95 Å².